The predicted octanol–water partition coefficient (Wildman–Crippen LogP) is 1.59. The molecule has 0 fully saturated rings. The minimum atomic E-state index is -3.67. The lowest BCUT2D eigenvalue weighted by Gasteiger charge is -2.18. The molecule has 1 aromatic carbocycles. The van der Waals surface area contributed by atoms with Gasteiger partial charge in [-0.15, -0.1) is 11.0 Å². The van der Waals surface area contributed by atoms with Crippen LogP contribution in [0.3, 0.4) is 0 Å². The summed E-state index contributed by atoms with van der Waals surface area (Å²) < 4.78 is 27.2. The zero-order valence-corrected chi connectivity index (χ0v) is 10.3. The zero-order valence-electron chi connectivity index (χ0n) is 8.77. The Hall–Kier alpha value is -1.53. The Bertz CT molecular complexity index is 596. The molecule has 1 heterocycles. The second kappa shape index (κ2) is 4.38. The van der Waals surface area contributed by atoms with E-state index in [0.29, 0.717) is 17.3 Å². The summed E-state index contributed by atoms with van der Waals surface area (Å²) in [6.07, 6.45) is 1.60. The first-order valence-corrected chi connectivity index (χ1v) is 6.61. The van der Waals surface area contributed by atoms with Gasteiger partial charge in [-0.3, -0.25) is 0 Å². The number of benzene rings is 1. The number of anilines is 1. The summed E-state index contributed by atoms with van der Waals surface area (Å²) in [6, 6.07) is 4.48. The van der Waals surface area contributed by atoms with Crippen molar-refractivity contribution in [3.8, 4) is 0 Å². The molecule has 0 radical (unpaired) electrons. The summed E-state index contributed by atoms with van der Waals surface area (Å²) in [6.45, 7) is 3.94. The Morgan fingerprint density at radius 3 is 3.00 bits per heavy atom. The average Bonchev–Trinajstić information content (AvgIpc) is 2.24. The lowest BCUT2D eigenvalue weighted by atomic mass is 10.3. The van der Waals surface area contributed by atoms with Crippen LogP contribution in [0.4, 0.5) is 5.69 Å². The first-order valence-electron chi connectivity index (χ1n) is 4.79. The third-order valence-corrected chi connectivity index (χ3v) is 3.67. The number of hydrogen-bond donors (Lipinski definition) is 2. The van der Waals surface area contributed by atoms with Gasteiger partial charge in [-0.25, -0.2) is 0 Å². The fourth-order valence-corrected chi connectivity index (χ4v) is 2.64. The van der Waals surface area contributed by atoms with Crippen LogP contribution < -0.4 is 10.6 Å². The molecule has 1 aliphatic heterocycles. The Morgan fingerprint density at radius 1 is 1.53 bits per heavy atom. The largest absolute Gasteiger partial charge is 0.352 e. The van der Waals surface area contributed by atoms with Crippen molar-refractivity contribution >= 4 is 33.3 Å². The van der Waals surface area contributed by atoms with Gasteiger partial charge in [0.2, 0.25) is 5.96 Å². The molecular formula is C10H10ClN3O2S. The molecule has 7 heteroatoms. The molecule has 0 saturated heterocycles. The Kier molecular flexibility index (Phi) is 3.08. The van der Waals surface area contributed by atoms with Crippen molar-refractivity contribution in [2.75, 3.05) is 11.9 Å². The van der Waals surface area contributed by atoms with Crippen LogP contribution in [0, 0.1) is 0 Å². The minimum absolute atomic E-state index is 0.117. The number of guanidine groups is 1. The highest BCUT2D eigenvalue weighted by Gasteiger charge is 2.24. The molecule has 0 saturated carbocycles. The van der Waals surface area contributed by atoms with Gasteiger partial charge in [0.1, 0.15) is 4.90 Å². The van der Waals surface area contributed by atoms with Crippen molar-refractivity contribution in [3.05, 3.63) is 35.9 Å². The van der Waals surface area contributed by atoms with Gasteiger partial charge in [0.25, 0.3) is 10.0 Å². The summed E-state index contributed by atoms with van der Waals surface area (Å²) in [7, 11) is -3.67. The topological polar surface area (TPSA) is 70.6 Å². The maximum absolute atomic E-state index is 11.8. The molecule has 5 nitrogen and oxygen atoms in total. The summed E-state index contributed by atoms with van der Waals surface area (Å²) in [5, 5.41) is 6.10. The third kappa shape index (κ3) is 2.42. The predicted molar refractivity (Wildman–Crippen MR) is 67.9 cm³/mol. The highest BCUT2D eigenvalue weighted by molar-refractivity contribution is 7.90. The highest BCUT2D eigenvalue weighted by Crippen LogP contribution is 2.29. The maximum atomic E-state index is 11.8. The monoisotopic (exact) mass is 271 g/mol. The molecule has 90 valence electrons. The fourth-order valence-electron chi connectivity index (χ4n) is 1.39. The molecule has 0 bridgehead atoms. The number of sulfonamides is 1. The average molecular weight is 272 g/mol. The molecule has 1 aromatic rings. The molecule has 0 atom stereocenters. The van der Waals surface area contributed by atoms with Crippen LogP contribution >= 0.6 is 11.6 Å². The molecule has 0 amide bonds. The van der Waals surface area contributed by atoms with Crippen molar-refractivity contribution in [2.24, 2.45) is 4.40 Å². The SMILES string of the molecule is C=CCNC1=NS(=O)(=O)c2ccc(Cl)cc2N1. The summed E-state index contributed by atoms with van der Waals surface area (Å²) in [5.41, 5.74) is 0.416. The van der Waals surface area contributed by atoms with Crippen LogP contribution in [0.1, 0.15) is 0 Å². The molecule has 17 heavy (non-hydrogen) atoms. The van der Waals surface area contributed by atoms with Gasteiger partial charge in [-0.2, -0.15) is 8.42 Å². The van der Waals surface area contributed by atoms with Crippen LogP contribution in [0.15, 0.2) is 40.1 Å². The molecule has 0 aromatic heterocycles. The van der Waals surface area contributed by atoms with Gasteiger partial charge in [-0.05, 0) is 18.2 Å². The first kappa shape index (κ1) is 11.9. The molecule has 0 unspecified atom stereocenters. The molecular weight excluding hydrogens is 262 g/mol. The van der Waals surface area contributed by atoms with E-state index in [-0.39, 0.29) is 10.9 Å². The van der Waals surface area contributed by atoms with Gasteiger partial charge in [0.15, 0.2) is 0 Å². The second-order valence-corrected chi connectivity index (χ2v) is 5.36. The van der Waals surface area contributed by atoms with Gasteiger partial charge in [-0.1, -0.05) is 17.7 Å². The van der Waals surface area contributed by atoms with Gasteiger partial charge in [0.05, 0.1) is 5.69 Å². The van der Waals surface area contributed by atoms with Gasteiger partial charge < -0.3 is 10.6 Å². The summed E-state index contributed by atoms with van der Waals surface area (Å²) in [5.74, 6) is 0.166. The fraction of sp³-hybridized carbons (Fsp3) is 0.100. The lowest BCUT2D eigenvalue weighted by Crippen LogP contribution is -2.34. The Morgan fingerprint density at radius 2 is 2.29 bits per heavy atom. The van der Waals surface area contributed by atoms with E-state index in [0.717, 1.165) is 0 Å². The molecule has 2 N–H and O–H groups in total. The van der Waals surface area contributed by atoms with E-state index < -0.39 is 10.0 Å². The minimum Gasteiger partial charge on any atom is -0.352 e. The summed E-state index contributed by atoms with van der Waals surface area (Å²) >= 11 is 5.81. The first-order chi connectivity index (χ1) is 8.03. The standard InChI is InChI=1S/C10H10ClN3O2S/c1-2-5-12-10-13-8-6-7(11)3-4-9(8)17(15,16)14-10/h2-4,6H,1,5H2,(H2,12,13,14). The Balaban J connectivity index is 2.43. The van der Waals surface area contributed by atoms with Crippen molar-refractivity contribution in [1.82, 2.24) is 5.32 Å². The molecule has 0 spiro atoms. The van der Waals surface area contributed by atoms with E-state index in [2.05, 4.69) is 21.6 Å². The normalized spacial score (nSPS) is 16.4. The Labute approximate surface area is 104 Å². The van der Waals surface area contributed by atoms with Crippen molar-refractivity contribution < 1.29 is 8.42 Å². The molecule has 2 rings (SSSR count). The maximum Gasteiger partial charge on any atom is 0.287 e. The number of rotatable bonds is 2. The van der Waals surface area contributed by atoms with E-state index in [1.54, 1.807) is 12.1 Å². The molecule has 1 aliphatic rings. The number of halogens is 1. The third-order valence-electron chi connectivity index (χ3n) is 2.10. The van der Waals surface area contributed by atoms with Gasteiger partial charge in [0, 0.05) is 11.6 Å². The van der Waals surface area contributed by atoms with Crippen molar-refractivity contribution in [2.45, 2.75) is 4.90 Å². The van der Waals surface area contributed by atoms with Crippen molar-refractivity contribution in [3.63, 3.8) is 0 Å². The number of nitrogens with one attached hydrogen (secondary N) is 2. The lowest BCUT2D eigenvalue weighted by molar-refractivity contribution is 0.597. The zero-order chi connectivity index (χ0) is 12.5. The quantitative estimate of drug-likeness (QED) is 0.802. The van der Waals surface area contributed by atoms with Crippen molar-refractivity contribution in [1.29, 1.82) is 0 Å². The van der Waals surface area contributed by atoms with E-state index in [4.69, 9.17) is 11.6 Å². The number of fused-ring (bicyclic) bond motifs is 1. The van der Waals surface area contributed by atoms with Crippen LogP contribution in [0.25, 0.3) is 0 Å². The van der Waals surface area contributed by atoms with E-state index >= 15 is 0 Å². The highest BCUT2D eigenvalue weighted by atomic mass is 35.5. The van der Waals surface area contributed by atoms with Gasteiger partial charge >= 0.3 is 0 Å². The van der Waals surface area contributed by atoms with E-state index in [1.165, 1.54) is 12.1 Å². The van der Waals surface area contributed by atoms with Crippen LogP contribution in [-0.2, 0) is 10.0 Å². The second-order valence-electron chi connectivity index (χ2n) is 3.35. The smallest absolute Gasteiger partial charge is 0.287 e. The summed E-state index contributed by atoms with van der Waals surface area (Å²) in [4.78, 5) is 0.117. The molecule has 0 aliphatic carbocycles. The number of hydrogen-bond acceptors (Lipinski definition) is 4. The van der Waals surface area contributed by atoms with Crippen LogP contribution in [0.2, 0.25) is 5.02 Å². The van der Waals surface area contributed by atoms with Crippen LogP contribution in [0.5, 0.6) is 0 Å². The van der Waals surface area contributed by atoms with E-state index in [9.17, 15) is 8.42 Å². The van der Waals surface area contributed by atoms with Crippen LogP contribution in [-0.4, -0.2) is 20.9 Å². The number of nitrogens with zero attached hydrogens (tertiary/aromatic N) is 1. The van der Waals surface area contributed by atoms with E-state index in [1.807, 2.05) is 0 Å².